The number of anilines is 1. The molecular formula is C20H23N5O2S. The number of rotatable bonds is 7. The van der Waals surface area contributed by atoms with Crippen LogP contribution in [-0.2, 0) is 11.3 Å². The Morgan fingerprint density at radius 1 is 1.25 bits per heavy atom. The maximum Gasteiger partial charge on any atom is 0.237 e. The van der Waals surface area contributed by atoms with Gasteiger partial charge in [0.1, 0.15) is 5.75 Å². The Bertz CT molecular complexity index is 958. The molecule has 1 unspecified atom stereocenters. The summed E-state index contributed by atoms with van der Waals surface area (Å²) in [6, 6.07) is 9.47. The molecule has 28 heavy (non-hydrogen) atoms. The number of nitrogens with zero attached hydrogens (tertiary/aromatic N) is 4. The van der Waals surface area contributed by atoms with E-state index in [9.17, 15) is 4.79 Å². The third-order valence-electron chi connectivity index (χ3n) is 4.24. The van der Waals surface area contributed by atoms with Gasteiger partial charge >= 0.3 is 0 Å². The average molecular weight is 398 g/mol. The number of carbonyl (C=O) groups is 1. The summed E-state index contributed by atoms with van der Waals surface area (Å²) < 4.78 is 7.33. The summed E-state index contributed by atoms with van der Waals surface area (Å²) in [6.45, 7) is 6.55. The summed E-state index contributed by atoms with van der Waals surface area (Å²) >= 11 is 1.38. The van der Waals surface area contributed by atoms with Crippen LogP contribution in [0.5, 0.6) is 5.75 Å². The number of pyridine rings is 1. The first-order chi connectivity index (χ1) is 13.5. The Kier molecular flexibility index (Phi) is 6.30. The summed E-state index contributed by atoms with van der Waals surface area (Å²) in [5.74, 6) is 1.28. The number of amides is 1. The van der Waals surface area contributed by atoms with Crippen LogP contribution < -0.4 is 10.1 Å². The lowest BCUT2D eigenvalue weighted by Gasteiger charge is -2.15. The van der Waals surface area contributed by atoms with Crippen molar-refractivity contribution in [3.05, 3.63) is 48.3 Å². The van der Waals surface area contributed by atoms with Gasteiger partial charge in [-0.2, -0.15) is 0 Å². The highest BCUT2D eigenvalue weighted by molar-refractivity contribution is 8.00. The van der Waals surface area contributed by atoms with Gasteiger partial charge in [0.15, 0.2) is 11.0 Å². The third kappa shape index (κ3) is 4.33. The Labute approximate surface area is 168 Å². The van der Waals surface area contributed by atoms with Gasteiger partial charge in [-0.25, -0.2) is 0 Å². The summed E-state index contributed by atoms with van der Waals surface area (Å²) in [7, 11) is 1.59. The molecule has 1 atom stereocenters. The van der Waals surface area contributed by atoms with Crippen LogP contribution in [0.15, 0.2) is 47.9 Å². The number of aryl methyl sites for hydroxylation is 1. The predicted molar refractivity (Wildman–Crippen MR) is 111 cm³/mol. The van der Waals surface area contributed by atoms with Crippen molar-refractivity contribution in [1.29, 1.82) is 0 Å². The SMILES string of the molecule is CCn1c(SC(C)C(=O)Nc2cc(C)ccc2OC)nnc1-c1ccncc1. The average Bonchev–Trinajstić information content (AvgIpc) is 3.11. The minimum atomic E-state index is -0.356. The second-order valence-corrected chi connectivity index (χ2v) is 7.55. The van der Waals surface area contributed by atoms with Gasteiger partial charge in [-0.1, -0.05) is 17.8 Å². The fourth-order valence-corrected chi connectivity index (χ4v) is 3.65. The first-order valence-electron chi connectivity index (χ1n) is 8.99. The molecule has 0 aliphatic heterocycles. The summed E-state index contributed by atoms with van der Waals surface area (Å²) in [4.78, 5) is 16.8. The molecule has 0 aliphatic carbocycles. The molecule has 1 amide bonds. The van der Waals surface area contributed by atoms with Crippen molar-refractivity contribution >= 4 is 23.4 Å². The molecule has 3 rings (SSSR count). The number of benzene rings is 1. The number of hydrogen-bond acceptors (Lipinski definition) is 6. The summed E-state index contributed by atoms with van der Waals surface area (Å²) in [5, 5.41) is 11.9. The molecule has 1 aromatic carbocycles. The first kappa shape index (κ1) is 19.9. The summed E-state index contributed by atoms with van der Waals surface area (Å²) in [5.41, 5.74) is 2.65. The van der Waals surface area contributed by atoms with Crippen molar-refractivity contribution < 1.29 is 9.53 Å². The van der Waals surface area contributed by atoms with Gasteiger partial charge in [0.05, 0.1) is 18.0 Å². The van der Waals surface area contributed by atoms with Crippen molar-refractivity contribution in [2.75, 3.05) is 12.4 Å². The monoisotopic (exact) mass is 397 g/mol. The molecule has 2 heterocycles. The van der Waals surface area contributed by atoms with Gasteiger partial charge in [-0.05, 0) is 50.6 Å². The van der Waals surface area contributed by atoms with Crippen molar-refractivity contribution in [2.45, 2.75) is 37.7 Å². The highest BCUT2D eigenvalue weighted by Crippen LogP contribution is 2.29. The van der Waals surface area contributed by atoms with E-state index in [4.69, 9.17) is 4.74 Å². The fraction of sp³-hybridized carbons (Fsp3) is 0.300. The Morgan fingerprint density at radius 3 is 2.68 bits per heavy atom. The standard InChI is InChI=1S/C20H23N5O2S/c1-5-25-18(15-8-10-21-11-9-15)23-24-20(25)28-14(3)19(26)22-16-12-13(2)6-7-17(16)27-4/h6-12,14H,5H2,1-4H3,(H,22,26). The smallest absolute Gasteiger partial charge is 0.237 e. The number of hydrogen-bond donors (Lipinski definition) is 1. The van der Waals surface area contributed by atoms with Crippen molar-refractivity contribution in [3.63, 3.8) is 0 Å². The van der Waals surface area contributed by atoms with Gasteiger partial charge in [-0.15, -0.1) is 10.2 Å². The quantitative estimate of drug-likeness (QED) is 0.611. The molecule has 3 aromatic rings. The van der Waals surface area contributed by atoms with Crippen LogP contribution in [0.2, 0.25) is 0 Å². The molecule has 0 bridgehead atoms. The molecule has 0 saturated carbocycles. The topological polar surface area (TPSA) is 81.9 Å². The molecule has 0 spiro atoms. The Morgan fingerprint density at radius 2 is 2.00 bits per heavy atom. The van der Waals surface area contributed by atoms with Crippen LogP contribution >= 0.6 is 11.8 Å². The van der Waals surface area contributed by atoms with Gasteiger partial charge in [-0.3, -0.25) is 9.78 Å². The minimum Gasteiger partial charge on any atom is -0.495 e. The minimum absolute atomic E-state index is 0.120. The number of aromatic nitrogens is 4. The van der Waals surface area contributed by atoms with Gasteiger partial charge in [0.2, 0.25) is 5.91 Å². The van der Waals surface area contributed by atoms with Crippen molar-refractivity contribution in [3.8, 4) is 17.1 Å². The van der Waals surface area contributed by atoms with Crippen LogP contribution in [0.25, 0.3) is 11.4 Å². The van der Waals surface area contributed by atoms with E-state index in [2.05, 4.69) is 20.5 Å². The lowest BCUT2D eigenvalue weighted by Crippen LogP contribution is -2.23. The maximum absolute atomic E-state index is 12.7. The van der Waals surface area contributed by atoms with E-state index in [0.717, 1.165) is 17.0 Å². The van der Waals surface area contributed by atoms with Crippen LogP contribution in [0.3, 0.4) is 0 Å². The van der Waals surface area contributed by atoms with Crippen molar-refractivity contribution in [2.24, 2.45) is 0 Å². The molecule has 0 saturated heterocycles. The number of carbonyl (C=O) groups excluding carboxylic acids is 1. The first-order valence-corrected chi connectivity index (χ1v) is 9.87. The molecule has 2 aromatic heterocycles. The fourth-order valence-electron chi connectivity index (χ4n) is 2.74. The van der Waals surface area contributed by atoms with E-state index in [1.165, 1.54) is 11.8 Å². The van der Waals surface area contributed by atoms with Crippen LogP contribution in [-0.4, -0.2) is 38.0 Å². The summed E-state index contributed by atoms with van der Waals surface area (Å²) in [6.07, 6.45) is 3.45. The zero-order valence-corrected chi connectivity index (χ0v) is 17.2. The van der Waals surface area contributed by atoms with Crippen molar-refractivity contribution in [1.82, 2.24) is 19.7 Å². The number of nitrogens with one attached hydrogen (secondary N) is 1. The number of ether oxygens (including phenoxy) is 1. The van der Waals surface area contributed by atoms with Gasteiger partial charge < -0.3 is 14.6 Å². The Hall–Kier alpha value is -2.87. The van der Waals surface area contributed by atoms with E-state index in [1.54, 1.807) is 19.5 Å². The third-order valence-corrected chi connectivity index (χ3v) is 5.32. The van der Waals surface area contributed by atoms with Gasteiger partial charge in [0, 0.05) is 24.5 Å². The van der Waals surface area contributed by atoms with E-state index in [1.807, 2.05) is 55.7 Å². The second-order valence-electron chi connectivity index (χ2n) is 6.24. The molecular weight excluding hydrogens is 374 g/mol. The molecule has 7 nitrogen and oxygen atoms in total. The lowest BCUT2D eigenvalue weighted by molar-refractivity contribution is -0.115. The zero-order chi connectivity index (χ0) is 20.1. The predicted octanol–water partition coefficient (Wildman–Crippen LogP) is 3.80. The molecule has 0 radical (unpaired) electrons. The van der Waals surface area contributed by atoms with Crippen LogP contribution in [0.4, 0.5) is 5.69 Å². The lowest BCUT2D eigenvalue weighted by atomic mass is 10.2. The highest BCUT2D eigenvalue weighted by Gasteiger charge is 2.21. The molecule has 0 fully saturated rings. The van der Waals surface area contributed by atoms with Gasteiger partial charge in [0.25, 0.3) is 0 Å². The van der Waals surface area contributed by atoms with Crippen LogP contribution in [0.1, 0.15) is 19.4 Å². The second kappa shape index (κ2) is 8.88. The molecule has 1 N–H and O–H groups in total. The molecule has 146 valence electrons. The van der Waals surface area contributed by atoms with E-state index in [-0.39, 0.29) is 11.2 Å². The number of methoxy groups -OCH3 is 1. The zero-order valence-electron chi connectivity index (χ0n) is 16.3. The number of thioether (sulfide) groups is 1. The Balaban J connectivity index is 1.76. The maximum atomic E-state index is 12.7. The highest BCUT2D eigenvalue weighted by atomic mass is 32.2. The van der Waals surface area contributed by atoms with Crippen LogP contribution in [0, 0.1) is 6.92 Å². The van der Waals surface area contributed by atoms with E-state index < -0.39 is 0 Å². The molecule has 0 aliphatic rings. The largest absolute Gasteiger partial charge is 0.495 e. The molecule has 8 heteroatoms. The van der Waals surface area contributed by atoms with E-state index >= 15 is 0 Å². The van der Waals surface area contributed by atoms with E-state index in [0.29, 0.717) is 23.1 Å². The normalized spacial score (nSPS) is 11.9.